The fourth-order valence-electron chi connectivity index (χ4n) is 1.71. The second kappa shape index (κ2) is 6.28. The van der Waals surface area contributed by atoms with Crippen molar-refractivity contribution in [2.24, 2.45) is 11.5 Å². The van der Waals surface area contributed by atoms with Gasteiger partial charge in [0.05, 0.1) is 0 Å². The molecule has 18 heavy (non-hydrogen) atoms. The highest BCUT2D eigenvalue weighted by molar-refractivity contribution is 6.15. The van der Waals surface area contributed by atoms with Crippen molar-refractivity contribution in [3.63, 3.8) is 0 Å². The van der Waals surface area contributed by atoms with Gasteiger partial charge in [-0.3, -0.25) is 4.79 Å². The fraction of sp³-hybridized carbons (Fsp3) is 0.385. The minimum atomic E-state index is -1.86. The Labute approximate surface area is 106 Å². The quantitative estimate of drug-likeness (QED) is 0.376. The molecule has 1 aromatic rings. The van der Waals surface area contributed by atoms with Crippen LogP contribution in [0.4, 0.5) is 0 Å². The van der Waals surface area contributed by atoms with Gasteiger partial charge in [-0.15, -0.1) is 0 Å². The summed E-state index contributed by atoms with van der Waals surface area (Å²) in [5, 5.41) is 9.19. The third kappa shape index (κ3) is 3.15. The third-order valence-electron chi connectivity index (χ3n) is 2.85. The number of nitrogens with two attached hydrogens (primary N) is 2. The summed E-state index contributed by atoms with van der Waals surface area (Å²) in [5.74, 6) is -1.86. The molecule has 0 heterocycles. The molecule has 0 aliphatic carbocycles. The van der Waals surface area contributed by atoms with E-state index in [2.05, 4.69) is 0 Å². The predicted molar refractivity (Wildman–Crippen MR) is 68.2 cm³/mol. The van der Waals surface area contributed by atoms with Gasteiger partial charge in [-0.25, -0.2) is 4.79 Å². The van der Waals surface area contributed by atoms with E-state index in [0.717, 1.165) is 0 Å². The Hall–Kier alpha value is -1.72. The maximum atomic E-state index is 12.2. The van der Waals surface area contributed by atoms with E-state index in [1.165, 1.54) is 0 Å². The first-order valence-corrected chi connectivity index (χ1v) is 5.84. The van der Waals surface area contributed by atoms with Crippen LogP contribution in [0.15, 0.2) is 30.3 Å². The van der Waals surface area contributed by atoms with Gasteiger partial charge in [0.25, 0.3) is 0 Å². The Morgan fingerprint density at radius 3 is 2.28 bits per heavy atom. The molecule has 0 aromatic heterocycles. The summed E-state index contributed by atoms with van der Waals surface area (Å²) in [6.07, 6.45) is 1.25. The van der Waals surface area contributed by atoms with Crippen molar-refractivity contribution in [3.05, 3.63) is 35.9 Å². The lowest BCUT2D eigenvalue weighted by Crippen LogP contribution is -2.54. The number of carboxylic acids is 1. The first kappa shape index (κ1) is 14.3. The van der Waals surface area contributed by atoms with Gasteiger partial charge in [0.1, 0.15) is 0 Å². The Morgan fingerprint density at radius 2 is 1.78 bits per heavy atom. The van der Waals surface area contributed by atoms with Crippen LogP contribution in [0.5, 0.6) is 0 Å². The van der Waals surface area contributed by atoms with Gasteiger partial charge in [0.2, 0.25) is 0 Å². The van der Waals surface area contributed by atoms with E-state index >= 15 is 0 Å². The molecule has 0 aliphatic rings. The van der Waals surface area contributed by atoms with E-state index in [1.54, 1.807) is 30.3 Å². The fourth-order valence-corrected chi connectivity index (χ4v) is 1.71. The van der Waals surface area contributed by atoms with Gasteiger partial charge in [-0.2, -0.15) is 0 Å². The number of unbranched alkanes of at least 4 members (excludes halogenated alkanes) is 1. The van der Waals surface area contributed by atoms with Gasteiger partial charge in [-0.1, -0.05) is 30.3 Å². The molecule has 0 saturated carbocycles. The van der Waals surface area contributed by atoms with Crippen molar-refractivity contribution in [2.45, 2.75) is 24.8 Å². The van der Waals surface area contributed by atoms with E-state index in [4.69, 9.17) is 11.5 Å². The lowest BCUT2D eigenvalue weighted by atomic mass is 9.85. The number of benzene rings is 1. The van der Waals surface area contributed by atoms with Gasteiger partial charge >= 0.3 is 5.97 Å². The zero-order valence-electron chi connectivity index (χ0n) is 10.1. The van der Waals surface area contributed by atoms with Crippen LogP contribution >= 0.6 is 0 Å². The number of rotatable bonds is 7. The number of carbonyl (C=O) groups excluding carboxylic acids is 1. The van der Waals surface area contributed by atoms with E-state index in [-0.39, 0.29) is 6.42 Å². The van der Waals surface area contributed by atoms with Crippen LogP contribution in [0.1, 0.15) is 29.6 Å². The third-order valence-corrected chi connectivity index (χ3v) is 2.85. The lowest BCUT2D eigenvalue weighted by molar-refractivity contribution is -0.141. The highest BCUT2D eigenvalue weighted by Crippen LogP contribution is 2.18. The number of ketones is 1. The predicted octanol–water partition coefficient (Wildman–Crippen LogP) is 0.780. The Kier molecular flexibility index (Phi) is 5.00. The van der Waals surface area contributed by atoms with Crippen LogP contribution in [0.3, 0.4) is 0 Å². The molecule has 1 rings (SSSR count). The molecule has 0 saturated heterocycles. The van der Waals surface area contributed by atoms with Crippen LogP contribution < -0.4 is 11.5 Å². The number of aliphatic carboxylic acids is 1. The lowest BCUT2D eigenvalue weighted by Gasteiger charge is -2.23. The van der Waals surface area contributed by atoms with E-state index in [0.29, 0.717) is 24.9 Å². The van der Waals surface area contributed by atoms with Crippen LogP contribution in [0.25, 0.3) is 0 Å². The van der Waals surface area contributed by atoms with Crippen molar-refractivity contribution in [2.75, 3.05) is 6.54 Å². The van der Waals surface area contributed by atoms with E-state index in [1.807, 2.05) is 0 Å². The van der Waals surface area contributed by atoms with Gasteiger partial charge in [0.15, 0.2) is 11.3 Å². The average molecular weight is 250 g/mol. The Balaban J connectivity index is 2.91. The summed E-state index contributed by atoms with van der Waals surface area (Å²) >= 11 is 0. The maximum absolute atomic E-state index is 12.2. The molecular weight excluding hydrogens is 232 g/mol. The monoisotopic (exact) mass is 250 g/mol. The topological polar surface area (TPSA) is 106 Å². The Morgan fingerprint density at radius 1 is 1.17 bits per heavy atom. The standard InChI is InChI=1S/C13H18N2O3/c14-9-5-4-8-13(15,12(17)18)11(16)10-6-2-1-3-7-10/h1-3,6-7H,4-5,8-9,14-15H2,(H,17,18). The SMILES string of the molecule is NCCCCC(N)(C(=O)O)C(=O)c1ccccc1. The molecule has 0 bridgehead atoms. The summed E-state index contributed by atoms with van der Waals surface area (Å²) in [5.41, 5.74) is 9.57. The molecular formula is C13H18N2O3. The van der Waals surface area contributed by atoms with Crippen LogP contribution in [-0.4, -0.2) is 28.9 Å². The zero-order chi connectivity index (χ0) is 13.6. The molecule has 0 fully saturated rings. The summed E-state index contributed by atoms with van der Waals surface area (Å²) in [6.45, 7) is 0.454. The van der Waals surface area contributed by atoms with Crippen LogP contribution in [-0.2, 0) is 4.79 Å². The van der Waals surface area contributed by atoms with Crippen molar-refractivity contribution >= 4 is 11.8 Å². The van der Waals surface area contributed by atoms with E-state index < -0.39 is 17.3 Å². The molecule has 1 unspecified atom stereocenters. The normalized spacial score (nSPS) is 13.9. The van der Waals surface area contributed by atoms with Crippen LogP contribution in [0.2, 0.25) is 0 Å². The molecule has 5 nitrogen and oxygen atoms in total. The number of Topliss-reactive ketones (excluding diaryl/α,β-unsaturated/α-hetero) is 1. The zero-order valence-corrected chi connectivity index (χ0v) is 10.1. The molecule has 0 aliphatic heterocycles. The summed E-state index contributed by atoms with van der Waals surface area (Å²) < 4.78 is 0. The molecule has 5 heteroatoms. The second-order valence-corrected chi connectivity index (χ2v) is 4.22. The molecule has 98 valence electrons. The van der Waals surface area contributed by atoms with Crippen LogP contribution in [0, 0.1) is 0 Å². The van der Waals surface area contributed by atoms with Crippen molar-refractivity contribution in [3.8, 4) is 0 Å². The molecule has 5 N–H and O–H groups in total. The first-order chi connectivity index (χ1) is 8.52. The van der Waals surface area contributed by atoms with Crippen molar-refractivity contribution in [1.82, 2.24) is 0 Å². The van der Waals surface area contributed by atoms with Crippen molar-refractivity contribution < 1.29 is 14.7 Å². The largest absolute Gasteiger partial charge is 0.480 e. The summed E-state index contributed by atoms with van der Waals surface area (Å²) in [6, 6.07) is 8.24. The number of hydrogen-bond acceptors (Lipinski definition) is 4. The first-order valence-electron chi connectivity index (χ1n) is 5.84. The van der Waals surface area contributed by atoms with Gasteiger partial charge in [-0.05, 0) is 25.8 Å². The smallest absolute Gasteiger partial charge is 0.331 e. The highest BCUT2D eigenvalue weighted by atomic mass is 16.4. The van der Waals surface area contributed by atoms with Gasteiger partial charge < -0.3 is 16.6 Å². The Bertz CT molecular complexity index is 420. The number of carbonyl (C=O) groups is 2. The molecule has 1 aromatic carbocycles. The summed E-state index contributed by atoms with van der Waals surface area (Å²) in [4.78, 5) is 23.4. The number of carboxylic acid groups (broad SMARTS) is 1. The highest BCUT2D eigenvalue weighted by Gasteiger charge is 2.41. The summed E-state index contributed by atoms with van der Waals surface area (Å²) in [7, 11) is 0. The van der Waals surface area contributed by atoms with E-state index in [9.17, 15) is 14.7 Å². The van der Waals surface area contributed by atoms with Crippen molar-refractivity contribution in [1.29, 1.82) is 0 Å². The minimum absolute atomic E-state index is 0.0905. The minimum Gasteiger partial charge on any atom is -0.480 e. The molecule has 0 radical (unpaired) electrons. The molecule has 0 spiro atoms. The molecule has 0 amide bonds. The maximum Gasteiger partial charge on any atom is 0.331 e. The van der Waals surface area contributed by atoms with Gasteiger partial charge in [0, 0.05) is 5.56 Å². The second-order valence-electron chi connectivity index (χ2n) is 4.22. The molecule has 1 atom stereocenters. The average Bonchev–Trinajstić information content (AvgIpc) is 2.38. The number of hydrogen-bond donors (Lipinski definition) is 3.